The first-order chi connectivity index (χ1) is 9.80. The van der Waals surface area contributed by atoms with E-state index in [-0.39, 0.29) is 15.8 Å². The summed E-state index contributed by atoms with van der Waals surface area (Å²) >= 11 is 0. The smallest absolute Gasteiger partial charge is 0.0115 e. The number of hydrogen-bond donors (Lipinski definition) is 0. The molecule has 2 fully saturated rings. The van der Waals surface area contributed by atoms with Crippen molar-refractivity contribution in [3.63, 3.8) is 0 Å². The van der Waals surface area contributed by atoms with Crippen LogP contribution < -0.4 is 0 Å². The highest BCUT2D eigenvalue weighted by atomic mass is 31.2. The first-order valence-corrected chi connectivity index (χ1v) is 12.4. The van der Waals surface area contributed by atoms with Gasteiger partial charge in [-0.1, -0.05) is 70.2 Å². The standard InChI is InChI=1S/C19H38P2/c1-7-11-19(12-8-2,20-15-9-13-17(20,3)4)21-16-10-14-18(21,5)6/h7-16H2,1-6H3. The lowest BCUT2D eigenvalue weighted by Crippen LogP contribution is -2.36. The molecule has 0 amide bonds. The third-order valence-corrected chi connectivity index (χ3v) is 15.4. The van der Waals surface area contributed by atoms with Gasteiger partial charge in [-0.15, -0.1) is 0 Å². The maximum Gasteiger partial charge on any atom is 0.0115 e. The first kappa shape index (κ1) is 18.2. The van der Waals surface area contributed by atoms with Crippen LogP contribution in [0.25, 0.3) is 0 Å². The van der Waals surface area contributed by atoms with Gasteiger partial charge in [0.15, 0.2) is 0 Å². The third-order valence-electron chi connectivity index (χ3n) is 6.11. The Balaban J connectivity index is 2.42. The topological polar surface area (TPSA) is 0 Å². The van der Waals surface area contributed by atoms with Crippen LogP contribution in [-0.4, -0.2) is 27.5 Å². The monoisotopic (exact) mass is 328 g/mol. The van der Waals surface area contributed by atoms with Gasteiger partial charge in [0.05, 0.1) is 0 Å². The average Bonchev–Trinajstić information content (AvgIpc) is 2.91. The molecular weight excluding hydrogens is 290 g/mol. The van der Waals surface area contributed by atoms with Crippen molar-refractivity contribution in [2.24, 2.45) is 0 Å². The predicted octanol–water partition coefficient (Wildman–Crippen LogP) is 7.39. The summed E-state index contributed by atoms with van der Waals surface area (Å²) in [4.78, 5) is 0.758. The molecule has 2 saturated heterocycles. The average molecular weight is 328 g/mol. The summed E-state index contributed by atoms with van der Waals surface area (Å²) in [6.45, 7) is 15.4. The molecule has 0 aromatic heterocycles. The molecule has 2 heterocycles. The number of rotatable bonds is 6. The zero-order valence-corrected chi connectivity index (χ0v) is 17.3. The Kier molecular flexibility index (Phi) is 5.87. The molecule has 0 radical (unpaired) electrons. The molecular formula is C19H38P2. The van der Waals surface area contributed by atoms with E-state index < -0.39 is 0 Å². The second-order valence-corrected chi connectivity index (χ2v) is 15.7. The van der Waals surface area contributed by atoms with Crippen molar-refractivity contribution in [3.8, 4) is 0 Å². The first-order valence-electron chi connectivity index (χ1n) is 9.36. The van der Waals surface area contributed by atoms with Crippen molar-refractivity contribution in [2.75, 3.05) is 12.3 Å². The summed E-state index contributed by atoms with van der Waals surface area (Å²) in [5.74, 6) is 0. The van der Waals surface area contributed by atoms with E-state index in [1.807, 2.05) is 0 Å². The minimum atomic E-state index is 0.211. The van der Waals surface area contributed by atoms with E-state index in [1.54, 1.807) is 12.3 Å². The van der Waals surface area contributed by atoms with Gasteiger partial charge < -0.3 is 0 Å². The molecule has 21 heavy (non-hydrogen) atoms. The van der Waals surface area contributed by atoms with E-state index in [4.69, 9.17) is 0 Å². The lowest BCUT2D eigenvalue weighted by molar-refractivity contribution is 0.576. The van der Waals surface area contributed by atoms with Gasteiger partial charge in [-0.3, -0.25) is 0 Å². The Morgan fingerprint density at radius 3 is 1.38 bits per heavy atom. The Bertz CT molecular complexity index is 311. The number of hydrogen-bond acceptors (Lipinski definition) is 0. The Labute approximate surface area is 136 Å². The largest absolute Gasteiger partial charge is 0.0900 e. The molecule has 0 spiro atoms. The Morgan fingerprint density at radius 1 is 0.762 bits per heavy atom. The minimum absolute atomic E-state index is 0.211. The zero-order chi connectivity index (χ0) is 15.7. The van der Waals surface area contributed by atoms with Crippen molar-refractivity contribution < 1.29 is 0 Å². The van der Waals surface area contributed by atoms with Gasteiger partial charge in [0.1, 0.15) is 0 Å². The van der Waals surface area contributed by atoms with Crippen LogP contribution in [0.3, 0.4) is 0 Å². The van der Waals surface area contributed by atoms with Crippen LogP contribution >= 0.6 is 15.8 Å². The fraction of sp³-hybridized carbons (Fsp3) is 1.00. The van der Waals surface area contributed by atoms with Gasteiger partial charge >= 0.3 is 0 Å². The summed E-state index contributed by atoms with van der Waals surface area (Å²) in [7, 11) is 0.423. The zero-order valence-electron chi connectivity index (χ0n) is 15.5. The lowest BCUT2D eigenvalue weighted by atomic mass is 10.1. The molecule has 2 unspecified atom stereocenters. The van der Waals surface area contributed by atoms with Crippen LogP contribution in [0.15, 0.2) is 0 Å². The molecule has 0 aromatic rings. The maximum absolute atomic E-state index is 2.62. The van der Waals surface area contributed by atoms with Gasteiger partial charge in [0.2, 0.25) is 0 Å². The van der Waals surface area contributed by atoms with E-state index >= 15 is 0 Å². The summed E-state index contributed by atoms with van der Waals surface area (Å²) < 4.78 is 0. The Morgan fingerprint density at radius 2 is 1.14 bits per heavy atom. The second-order valence-electron chi connectivity index (χ2n) is 8.62. The van der Waals surface area contributed by atoms with E-state index in [9.17, 15) is 0 Å². The van der Waals surface area contributed by atoms with E-state index in [0.29, 0.717) is 10.3 Å². The van der Waals surface area contributed by atoms with Gasteiger partial charge in [0.25, 0.3) is 0 Å². The fourth-order valence-electron chi connectivity index (χ4n) is 5.37. The lowest BCUT2D eigenvalue weighted by Gasteiger charge is -2.54. The molecule has 0 saturated carbocycles. The highest BCUT2D eigenvalue weighted by Gasteiger charge is 2.55. The third kappa shape index (κ3) is 3.38. The fourth-order valence-corrected chi connectivity index (χ4v) is 16.8. The van der Waals surface area contributed by atoms with Crippen molar-refractivity contribution in [1.82, 2.24) is 0 Å². The normalized spacial score (nSPS) is 31.7. The molecule has 0 N–H and O–H groups in total. The highest BCUT2D eigenvalue weighted by Crippen LogP contribution is 2.82. The predicted molar refractivity (Wildman–Crippen MR) is 103 cm³/mol. The SMILES string of the molecule is CCCC(CCC)(P1CCCC1(C)C)P1CCCC1(C)C. The van der Waals surface area contributed by atoms with Crippen molar-refractivity contribution in [2.45, 2.75) is 108 Å². The van der Waals surface area contributed by atoms with Crippen molar-refractivity contribution >= 4 is 15.8 Å². The second kappa shape index (κ2) is 6.77. The van der Waals surface area contributed by atoms with E-state index in [1.165, 1.54) is 51.4 Å². The highest BCUT2D eigenvalue weighted by molar-refractivity contribution is 7.79. The van der Waals surface area contributed by atoms with Crippen LogP contribution in [0.1, 0.15) is 92.9 Å². The quantitative estimate of drug-likeness (QED) is 0.446. The summed E-state index contributed by atoms with van der Waals surface area (Å²) in [6.07, 6.45) is 15.1. The van der Waals surface area contributed by atoms with Crippen LogP contribution in [0.4, 0.5) is 0 Å². The van der Waals surface area contributed by atoms with Gasteiger partial charge in [-0.05, 0) is 61.2 Å². The van der Waals surface area contributed by atoms with E-state index in [0.717, 1.165) is 4.90 Å². The maximum atomic E-state index is 2.62. The molecule has 0 nitrogen and oxygen atoms in total. The molecule has 2 rings (SSSR count). The Hall–Kier alpha value is 0.860. The molecule has 2 heteroatoms. The molecule has 0 bridgehead atoms. The van der Waals surface area contributed by atoms with Crippen LogP contribution in [-0.2, 0) is 0 Å². The summed E-state index contributed by atoms with van der Waals surface area (Å²) in [5.41, 5.74) is 0. The molecule has 2 aliphatic heterocycles. The molecule has 0 aromatic carbocycles. The van der Waals surface area contributed by atoms with Gasteiger partial charge in [-0.2, -0.15) is 0 Å². The van der Waals surface area contributed by atoms with E-state index in [2.05, 4.69) is 41.5 Å². The van der Waals surface area contributed by atoms with Crippen molar-refractivity contribution in [1.29, 1.82) is 0 Å². The molecule has 2 atom stereocenters. The minimum Gasteiger partial charge on any atom is -0.0900 e. The summed E-state index contributed by atoms with van der Waals surface area (Å²) in [6, 6.07) is 0. The van der Waals surface area contributed by atoms with Crippen LogP contribution in [0, 0.1) is 0 Å². The van der Waals surface area contributed by atoms with Crippen molar-refractivity contribution in [3.05, 3.63) is 0 Å². The van der Waals surface area contributed by atoms with Gasteiger partial charge in [0, 0.05) is 4.90 Å². The molecule has 2 aliphatic rings. The van der Waals surface area contributed by atoms with Crippen LogP contribution in [0.5, 0.6) is 0 Å². The summed E-state index contributed by atoms with van der Waals surface area (Å²) in [5, 5.41) is 1.31. The molecule has 124 valence electrons. The molecule has 0 aliphatic carbocycles. The van der Waals surface area contributed by atoms with Crippen LogP contribution in [0.2, 0.25) is 0 Å². The van der Waals surface area contributed by atoms with Gasteiger partial charge in [-0.25, -0.2) is 0 Å².